The van der Waals surface area contributed by atoms with Gasteiger partial charge in [0, 0.05) is 5.69 Å². The van der Waals surface area contributed by atoms with Crippen LogP contribution in [0.1, 0.15) is 0 Å². The molecular weight excluding hydrogens is 303 g/mol. The maximum Gasteiger partial charge on any atom is 0.266 e. The summed E-state index contributed by atoms with van der Waals surface area (Å²) in [5.74, 6) is -0.443. The molecule has 2 heterocycles. The second-order valence-electron chi connectivity index (χ2n) is 4.88. The lowest BCUT2D eigenvalue weighted by molar-refractivity contribution is -0.123. The molecule has 1 aromatic carbocycles. The van der Waals surface area contributed by atoms with Crippen LogP contribution in [0.4, 0.5) is 21.7 Å². The van der Waals surface area contributed by atoms with E-state index in [1.807, 2.05) is 0 Å². The Labute approximate surface area is 130 Å². The number of ether oxygens (including phenoxy) is 1. The van der Waals surface area contributed by atoms with Crippen molar-refractivity contribution in [2.75, 3.05) is 29.1 Å². The monoisotopic (exact) mass is 316 g/mol. The summed E-state index contributed by atoms with van der Waals surface area (Å²) in [6.07, 6.45) is 0. The van der Waals surface area contributed by atoms with Crippen molar-refractivity contribution < 1.29 is 18.7 Å². The quantitative estimate of drug-likeness (QED) is 0.886. The second kappa shape index (κ2) is 5.91. The van der Waals surface area contributed by atoms with Crippen molar-refractivity contribution in [3.05, 3.63) is 42.2 Å². The van der Waals surface area contributed by atoms with Crippen molar-refractivity contribution >= 4 is 29.1 Å². The number of nitrogens with one attached hydrogen (secondary N) is 1. The predicted molar refractivity (Wildman–Crippen MR) is 81.5 cm³/mol. The SMILES string of the molecule is Nc1ccc2c(n1)N(CC(=O)Nc1ccc(F)cc1)C(=O)CO2. The average Bonchev–Trinajstić information content (AvgIpc) is 2.52. The smallest absolute Gasteiger partial charge is 0.266 e. The van der Waals surface area contributed by atoms with E-state index in [1.54, 1.807) is 12.1 Å². The number of halogens is 1. The van der Waals surface area contributed by atoms with E-state index >= 15 is 0 Å². The standard InChI is InChI=1S/C15H13FN4O3/c16-9-1-3-10(4-2-9)18-13(21)7-20-14(22)8-23-11-5-6-12(17)19-15(11)20/h1-6H,7-8H2,(H2,17,19)(H,18,21). The number of amides is 2. The van der Waals surface area contributed by atoms with Gasteiger partial charge >= 0.3 is 0 Å². The van der Waals surface area contributed by atoms with E-state index in [2.05, 4.69) is 10.3 Å². The van der Waals surface area contributed by atoms with Gasteiger partial charge in [0.2, 0.25) is 5.91 Å². The van der Waals surface area contributed by atoms with Gasteiger partial charge in [-0.15, -0.1) is 0 Å². The van der Waals surface area contributed by atoms with Crippen molar-refractivity contribution in [1.82, 2.24) is 4.98 Å². The van der Waals surface area contributed by atoms with Gasteiger partial charge in [0.05, 0.1) is 0 Å². The van der Waals surface area contributed by atoms with E-state index in [1.165, 1.54) is 29.2 Å². The highest BCUT2D eigenvalue weighted by Crippen LogP contribution is 2.30. The Morgan fingerprint density at radius 1 is 1.30 bits per heavy atom. The first-order chi connectivity index (χ1) is 11.0. The molecule has 3 rings (SSSR count). The number of nitrogens with zero attached hydrogens (tertiary/aromatic N) is 2. The maximum atomic E-state index is 12.9. The topological polar surface area (TPSA) is 97.5 Å². The van der Waals surface area contributed by atoms with Crippen molar-refractivity contribution in [3.8, 4) is 5.75 Å². The van der Waals surface area contributed by atoms with Gasteiger partial charge in [-0.25, -0.2) is 9.37 Å². The van der Waals surface area contributed by atoms with Gasteiger partial charge in [-0.3, -0.25) is 14.5 Å². The molecule has 0 unspecified atom stereocenters. The largest absolute Gasteiger partial charge is 0.480 e. The molecule has 0 atom stereocenters. The number of pyridine rings is 1. The minimum atomic E-state index is -0.443. The van der Waals surface area contributed by atoms with Crippen LogP contribution >= 0.6 is 0 Å². The Kier molecular flexibility index (Phi) is 3.80. The van der Waals surface area contributed by atoms with Crippen LogP contribution in [-0.4, -0.2) is 29.9 Å². The molecule has 7 nitrogen and oxygen atoms in total. The number of nitrogen functional groups attached to an aromatic ring is 1. The number of rotatable bonds is 3. The first kappa shape index (κ1) is 14.8. The summed E-state index contributed by atoms with van der Waals surface area (Å²) in [4.78, 5) is 29.3. The Morgan fingerprint density at radius 2 is 2.04 bits per heavy atom. The molecule has 2 aromatic rings. The highest BCUT2D eigenvalue weighted by atomic mass is 19.1. The Morgan fingerprint density at radius 3 is 2.78 bits per heavy atom. The summed E-state index contributed by atoms with van der Waals surface area (Å²) < 4.78 is 18.1. The number of fused-ring (bicyclic) bond motifs is 1. The van der Waals surface area contributed by atoms with Gasteiger partial charge in [-0.05, 0) is 36.4 Å². The molecule has 0 radical (unpaired) electrons. The third kappa shape index (κ3) is 3.20. The van der Waals surface area contributed by atoms with E-state index in [-0.39, 0.29) is 24.8 Å². The van der Waals surface area contributed by atoms with Crippen LogP contribution in [0.25, 0.3) is 0 Å². The zero-order chi connectivity index (χ0) is 16.4. The van der Waals surface area contributed by atoms with Gasteiger partial charge in [0.15, 0.2) is 18.2 Å². The first-order valence-corrected chi connectivity index (χ1v) is 6.78. The van der Waals surface area contributed by atoms with Gasteiger partial charge in [-0.2, -0.15) is 0 Å². The predicted octanol–water partition coefficient (Wildman–Crippen LogP) is 1.17. The fourth-order valence-electron chi connectivity index (χ4n) is 2.13. The number of hydrogen-bond donors (Lipinski definition) is 2. The van der Waals surface area contributed by atoms with Crippen LogP contribution in [0.15, 0.2) is 36.4 Å². The number of anilines is 3. The van der Waals surface area contributed by atoms with Crippen LogP contribution in [0.2, 0.25) is 0 Å². The fraction of sp³-hybridized carbons (Fsp3) is 0.133. The van der Waals surface area contributed by atoms with E-state index in [9.17, 15) is 14.0 Å². The molecule has 1 aromatic heterocycles. The molecule has 0 bridgehead atoms. The lowest BCUT2D eigenvalue weighted by Crippen LogP contribution is -2.44. The molecule has 2 amide bonds. The molecule has 8 heteroatoms. The summed E-state index contributed by atoms with van der Waals surface area (Å²) in [6.45, 7) is -0.425. The number of carbonyl (C=O) groups excluding carboxylic acids is 2. The molecule has 118 valence electrons. The van der Waals surface area contributed by atoms with Crippen LogP contribution in [0, 0.1) is 5.82 Å². The molecule has 0 aliphatic carbocycles. The number of carbonyl (C=O) groups is 2. The first-order valence-electron chi connectivity index (χ1n) is 6.78. The third-order valence-electron chi connectivity index (χ3n) is 3.20. The summed E-state index contributed by atoms with van der Waals surface area (Å²) in [6, 6.07) is 8.46. The average molecular weight is 316 g/mol. The lowest BCUT2D eigenvalue weighted by atomic mass is 10.3. The highest BCUT2D eigenvalue weighted by Gasteiger charge is 2.28. The van der Waals surface area contributed by atoms with Gasteiger partial charge in [0.25, 0.3) is 5.91 Å². The molecule has 0 saturated carbocycles. The lowest BCUT2D eigenvalue weighted by Gasteiger charge is -2.27. The summed E-state index contributed by atoms with van der Waals surface area (Å²) >= 11 is 0. The van der Waals surface area contributed by atoms with Crippen LogP contribution in [-0.2, 0) is 9.59 Å². The van der Waals surface area contributed by atoms with Crippen molar-refractivity contribution in [2.45, 2.75) is 0 Å². The van der Waals surface area contributed by atoms with Crippen molar-refractivity contribution in [2.24, 2.45) is 0 Å². The summed E-state index contributed by atoms with van der Waals surface area (Å²) in [7, 11) is 0. The minimum absolute atomic E-state index is 0.178. The van der Waals surface area contributed by atoms with Gasteiger partial charge in [-0.1, -0.05) is 0 Å². The number of nitrogens with two attached hydrogens (primary N) is 1. The zero-order valence-corrected chi connectivity index (χ0v) is 12.0. The Balaban J connectivity index is 1.76. The van der Waals surface area contributed by atoms with E-state index < -0.39 is 17.6 Å². The van der Waals surface area contributed by atoms with E-state index in [0.717, 1.165) is 0 Å². The molecule has 0 fully saturated rings. The molecule has 23 heavy (non-hydrogen) atoms. The molecule has 1 aliphatic heterocycles. The molecule has 3 N–H and O–H groups in total. The van der Waals surface area contributed by atoms with Gasteiger partial charge < -0.3 is 15.8 Å². The summed E-state index contributed by atoms with van der Waals surface area (Å²) in [5, 5.41) is 2.58. The molecule has 1 aliphatic rings. The van der Waals surface area contributed by atoms with Crippen molar-refractivity contribution in [1.29, 1.82) is 0 Å². The summed E-state index contributed by atoms with van der Waals surface area (Å²) in [5.41, 5.74) is 6.05. The van der Waals surface area contributed by atoms with Crippen LogP contribution < -0.4 is 20.7 Å². The normalized spacial score (nSPS) is 13.3. The van der Waals surface area contributed by atoms with Crippen molar-refractivity contribution in [3.63, 3.8) is 0 Å². The molecule has 0 spiro atoms. The Hall–Kier alpha value is -3.16. The number of benzene rings is 1. The fourth-order valence-corrected chi connectivity index (χ4v) is 2.13. The van der Waals surface area contributed by atoms with Crippen LogP contribution in [0.5, 0.6) is 5.75 Å². The van der Waals surface area contributed by atoms with Gasteiger partial charge in [0.1, 0.15) is 18.2 Å². The highest BCUT2D eigenvalue weighted by molar-refractivity contribution is 6.04. The molecule has 0 saturated heterocycles. The van der Waals surface area contributed by atoms with E-state index in [4.69, 9.17) is 10.5 Å². The maximum absolute atomic E-state index is 12.9. The minimum Gasteiger partial charge on any atom is -0.480 e. The number of hydrogen-bond acceptors (Lipinski definition) is 5. The van der Waals surface area contributed by atoms with E-state index in [0.29, 0.717) is 11.4 Å². The zero-order valence-electron chi connectivity index (χ0n) is 12.0. The second-order valence-corrected chi connectivity index (χ2v) is 4.88. The third-order valence-corrected chi connectivity index (χ3v) is 3.20. The Bertz CT molecular complexity index is 764. The van der Waals surface area contributed by atoms with Crippen LogP contribution in [0.3, 0.4) is 0 Å². The number of aromatic nitrogens is 1. The molecular formula is C15H13FN4O3.